The van der Waals surface area contributed by atoms with E-state index in [9.17, 15) is 4.79 Å². The molecular weight excluding hydrogens is 339 g/mol. The Morgan fingerprint density at radius 1 is 1.22 bits per heavy atom. The predicted octanol–water partition coefficient (Wildman–Crippen LogP) is 3.53. The second-order valence-corrected chi connectivity index (χ2v) is 5.27. The summed E-state index contributed by atoms with van der Waals surface area (Å²) in [5.41, 5.74) is 3.19. The minimum Gasteiger partial charge on any atom is -0.497 e. The van der Waals surface area contributed by atoms with Crippen molar-refractivity contribution in [2.24, 2.45) is 5.10 Å². The number of hydrogen-bond acceptors (Lipinski definition) is 4. The first kappa shape index (κ1) is 17.1. The molecule has 23 heavy (non-hydrogen) atoms. The van der Waals surface area contributed by atoms with Gasteiger partial charge in [0, 0.05) is 5.02 Å². The van der Waals surface area contributed by atoms with Crippen LogP contribution in [-0.4, -0.2) is 25.8 Å². The van der Waals surface area contributed by atoms with Gasteiger partial charge in [-0.05, 0) is 48.0 Å². The van der Waals surface area contributed by atoms with Gasteiger partial charge < -0.3 is 9.47 Å². The number of hydrazone groups is 1. The van der Waals surface area contributed by atoms with Crippen LogP contribution in [-0.2, 0) is 4.79 Å². The maximum Gasteiger partial charge on any atom is 0.277 e. The molecule has 1 N–H and O–H groups in total. The molecular formula is C16H14Cl2N2O3. The van der Waals surface area contributed by atoms with Gasteiger partial charge in [-0.1, -0.05) is 23.2 Å². The molecule has 0 unspecified atom stereocenters. The van der Waals surface area contributed by atoms with E-state index >= 15 is 0 Å². The Kier molecular flexibility index (Phi) is 6.26. The SMILES string of the molecule is COc1ccc(C=NNC(=O)COc2ccc(Cl)cc2Cl)cc1. The van der Waals surface area contributed by atoms with E-state index in [0.29, 0.717) is 15.8 Å². The molecule has 2 aromatic carbocycles. The number of carbonyl (C=O) groups is 1. The molecule has 0 aliphatic heterocycles. The lowest BCUT2D eigenvalue weighted by Crippen LogP contribution is -2.24. The summed E-state index contributed by atoms with van der Waals surface area (Å²) in [7, 11) is 1.59. The van der Waals surface area contributed by atoms with E-state index < -0.39 is 5.91 Å². The van der Waals surface area contributed by atoms with Gasteiger partial charge in [-0.3, -0.25) is 4.79 Å². The molecule has 0 aliphatic rings. The van der Waals surface area contributed by atoms with Gasteiger partial charge in [-0.25, -0.2) is 5.43 Å². The topological polar surface area (TPSA) is 59.9 Å². The molecule has 1 amide bonds. The number of halogens is 2. The zero-order valence-electron chi connectivity index (χ0n) is 12.3. The van der Waals surface area contributed by atoms with E-state index in [1.807, 2.05) is 12.1 Å². The lowest BCUT2D eigenvalue weighted by molar-refractivity contribution is -0.123. The molecule has 7 heteroatoms. The summed E-state index contributed by atoms with van der Waals surface area (Å²) in [6.07, 6.45) is 1.52. The molecule has 0 atom stereocenters. The fourth-order valence-electron chi connectivity index (χ4n) is 1.64. The highest BCUT2D eigenvalue weighted by Crippen LogP contribution is 2.27. The van der Waals surface area contributed by atoms with Crippen molar-refractivity contribution in [3.8, 4) is 11.5 Å². The highest BCUT2D eigenvalue weighted by molar-refractivity contribution is 6.35. The number of benzene rings is 2. The number of nitrogens with zero attached hydrogens (tertiary/aromatic N) is 1. The van der Waals surface area contributed by atoms with Crippen molar-refractivity contribution in [1.29, 1.82) is 0 Å². The molecule has 0 aliphatic carbocycles. The number of carbonyl (C=O) groups excluding carboxylic acids is 1. The maximum absolute atomic E-state index is 11.6. The van der Waals surface area contributed by atoms with Gasteiger partial charge in [0.05, 0.1) is 18.3 Å². The second-order valence-electron chi connectivity index (χ2n) is 4.43. The first-order valence-electron chi connectivity index (χ1n) is 6.62. The number of hydrogen-bond donors (Lipinski definition) is 1. The standard InChI is InChI=1S/C16H14Cl2N2O3/c1-22-13-5-2-11(3-6-13)9-19-20-16(21)10-23-15-7-4-12(17)8-14(15)18/h2-9H,10H2,1H3,(H,20,21). The minimum atomic E-state index is -0.402. The molecule has 120 valence electrons. The lowest BCUT2D eigenvalue weighted by Gasteiger charge is -2.07. The van der Waals surface area contributed by atoms with Crippen LogP contribution in [0.15, 0.2) is 47.6 Å². The van der Waals surface area contributed by atoms with Crippen LogP contribution in [0.4, 0.5) is 0 Å². The smallest absolute Gasteiger partial charge is 0.277 e. The Hall–Kier alpha value is -2.24. The Balaban J connectivity index is 1.81. The van der Waals surface area contributed by atoms with Crippen molar-refractivity contribution in [1.82, 2.24) is 5.43 Å². The summed E-state index contributed by atoms with van der Waals surface area (Å²) in [6.45, 7) is -0.207. The van der Waals surface area contributed by atoms with Crippen LogP contribution < -0.4 is 14.9 Å². The van der Waals surface area contributed by atoms with Gasteiger partial charge in [0.2, 0.25) is 0 Å². The first-order chi connectivity index (χ1) is 11.1. The highest BCUT2D eigenvalue weighted by Gasteiger charge is 2.05. The van der Waals surface area contributed by atoms with E-state index in [-0.39, 0.29) is 6.61 Å². The number of amides is 1. The Bertz CT molecular complexity index is 703. The summed E-state index contributed by atoms with van der Waals surface area (Å²) in [5.74, 6) is 0.727. The Morgan fingerprint density at radius 2 is 1.96 bits per heavy atom. The first-order valence-corrected chi connectivity index (χ1v) is 7.38. The average Bonchev–Trinajstić information content (AvgIpc) is 2.54. The largest absolute Gasteiger partial charge is 0.497 e. The van der Waals surface area contributed by atoms with Crippen molar-refractivity contribution in [3.05, 3.63) is 58.1 Å². The van der Waals surface area contributed by atoms with Crippen LogP contribution in [0.25, 0.3) is 0 Å². The fraction of sp³-hybridized carbons (Fsp3) is 0.125. The predicted molar refractivity (Wildman–Crippen MR) is 90.7 cm³/mol. The molecule has 0 saturated carbocycles. The summed E-state index contributed by atoms with van der Waals surface area (Å²) < 4.78 is 10.3. The van der Waals surface area contributed by atoms with Gasteiger partial charge in [0.1, 0.15) is 11.5 Å². The Morgan fingerprint density at radius 3 is 2.61 bits per heavy atom. The zero-order chi connectivity index (χ0) is 16.7. The Labute approximate surface area is 143 Å². The van der Waals surface area contributed by atoms with Crippen molar-refractivity contribution >= 4 is 35.3 Å². The second kappa shape index (κ2) is 8.41. The molecule has 0 heterocycles. The van der Waals surface area contributed by atoms with E-state index in [2.05, 4.69) is 10.5 Å². The molecule has 0 radical (unpaired) electrons. The number of rotatable bonds is 6. The third kappa shape index (κ3) is 5.47. The zero-order valence-corrected chi connectivity index (χ0v) is 13.8. The van der Waals surface area contributed by atoms with E-state index in [1.54, 1.807) is 31.4 Å². The summed E-state index contributed by atoms with van der Waals surface area (Å²) in [6, 6.07) is 12.0. The van der Waals surface area contributed by atoms with Crippen molar-refractivity contribution in [2.45, 2.75) is 0 Å². The van der Waals surface area contributed by atoms with Crippen LogP contribution in [0.1, 0.15) is 5.56 Å². The normalized spacial score (nSPS) is 10.6. The van der Waals surface area contributed by atoms with E-state index in [1.165, 1.54) is 12.3 Å². The van der Waals surface area contributed by atoms with Crippen LogP contribution >= 0.6 is 23.2 Å². The van der Waals surface area contributed by atoms with E-state index in [0.717, 1.165) is 11.3 Å². The molecule has 0 fully saturated rings. The van der Waals surface area contributed by atoms with Crippen LogP contribution in [0.3, 0.4) is 0 Å². The van der Waals surface area contributed by atoms with Crippen molar-refractivity contribution in [3.63, 3.8) is 0 Å². The lowest BCUT2D eigenvalue weighted by atomic mass is 10.2. The maximum atomic E-state index is 11.6. The molecule has 0 bridgehead atoms. The number of ether oxygens (including phenoxy) is 2. The number of nitrogens with one attached hydrogen (secondary N) is 1. The van der Waals surface area contributed by atoms with Gasteiger partial charge in [-0.15, -0.1) is 0 Å². The third-order valence-corrected chi connectivity index (χ3v) is 3.30. The van der Waals surface area contributed by atoms with Crippen LogP contribution in [0.2, 0.25) is 10.0 Å². The molecule has 5 nitrogen and oxygen atoms in total. The third-order valence-electron chi connectivity index (χ3n) is 2.77. The number of methoxy groups -OCH3 is 1. The molecule has 0 spiro atoms. The van der Waals surface area contributed by atoms with Crippen LogP contribution in [0, 0.1) is 0 Å². The molecule has 2 rings (SSSR count). The van der Waals surface area contributed by atoms with Gasteiger partial charge in [-0.2, -0.15) is 5.10 Å². The van der Waals surface area contributed by atoms with Gasteiger partial charge in [0.25, 0.3) is 5.91 Å². The average molecular weight is 353 g/mol. The van der Waals surface area contributed by atoms with Gasteiger partial charge in [0.15, 0.2) is 6.61 Å². The molecule has 0 saturated heterocycles. The molecule has 2 aromatic rings. The summed E-state index contributed by atoms with van der Waals surface area (Å²) in [4.78, 5) is 11.6. The quantitative estimate of drug-likeness (QED) is 0.638. The summed E-state index contributed by atoms with van der Waals surface area (Å²) in [5, 5.41) is 4.68. The van der Waals surface area contributed by atoms with E-state index in [4.69, 9.17) is 32.7 Å². The summed E-state index contributed by atoms with van der Waals surface area (Å²) >= 11 is 11.7. The van der Waals surface area contributed by atoms with Crippen LogP contribution in [0.5, 0.6) is 11.5 Å². The molecule has 0 aromatic heterocycles. The minimum absolute atomic E-state index is 0.207. The van der Waals surface area contributed by atoms with Crippen molar-refractivity contribution in [2.75, 3.05) is 13.7 Å². The van der Waals surface area contributed by atoms with Crippen molar-refractivity contribution < 1.29 is 14.3 Å². The highest BCUT2D eigenvalue weighted by atomic mass is 35.5. The van der Waals surface area contributed by atoms with Gasteiger partial charge >= 0.3 is 0 Å². The monoisotopic (exact) mass is 352 g/mol. The fourth-order valence-corrected chi connectivity index (χ4v) is 2.10.